The van der Waals surface area contributed by atoms with Crippen molar-refractivity contribution in [2.45, 2.75) is 70.6 Å². The van der Waals surface area contributed by atoms with Gasteiger partial charge in [-0.15, -0.1) is 0 Å². The number of hydrogen-bond acceptors (Lipinski definition) is 4. The standard InChI is InChI=1S/C31H40FNO4/c1-17-9-10-19(11-26(17)32)14-31(3,4)33-15-21(34)16-37-18(2)22-7-5-6-8-23(22)24-12-20-13-25(24)28-27(20)29(28)30(35)36/h5-11,18,20-21,24-25,27-29,33-34H,12-16H2,1-4H3,(H,35,36)/t18-,20-,21-,24+,25-,27+,28-,29-/m1/s1. The van der Waals surface area contributed by atoms with Gasteiger partial charge in [0.15, 0.2) is 0 Å². The zero-order valence-electron chi connectivity index (χ0n) is 22.3. The smallest absolute Gasteiger partial charge is 0.307 e. The highest BCUT2D eigenvalue weighted by Gasteiger charge is 2.70. The van der Waals surface area contributed by atoms with Crippen LogP contribution in [0.5, 0.6) is 0 Å². The van der Waals surface area contributed by atoms with Crippen LogP contribution in [0.25, 0.3) is 0 Å². The van der Waals surface area contributed by atoms with E-state index in [4.69, 9.17) is 4.74 Å². The van der Waals surface area contributed by atoms with Crippen LogP contribution in [-0.2, 0) is 16.0 Å². The zero-order valence-corrected chi connectivity index (χ0v) is 22.3. The van der Waals surface area contributed by atoms with Gasteiger partial charge in [0.25, 0.3) is 0 Å². The molecule has 3 saturated carbocycles. The predicted octanol–water partition coefficient (Wildman–Crippen LogP) is 5.25. The van der Waals surface area contributed by atoms with Crippen LogP contribution >= 0.6 is 0 Å². The van der Waals surface area contributed by atoms with E-state index in [1.807, 2.05) is 32.9 Å². The molecule has 200 valence electrons. The summed E-state index contributed by atoms with van der Waals surface area (Å²) in [6, 6.07) is 13.7. The molecule has 2 bridgehead atoms. The third-order valence-corrected chi connectivity index (χ3v) is 9.18. The molecular weight excluding hydrogens is 469 g/mol. The van der Waals surface area contributed by atoms with E-state index in [0.717, 1.165) is 24.0 Å². The van der Waals surface area contributed by atoms with Crippen molar-refractivity contribution >= 4 is 5.97 Å². The summed E-state index contributed by atoms with van der Waals surface area (Å²) in [6.07, 6.45) is 2.04. The molecule has 5 nitrogen and oxygen atoms in total. The van der Waals surface area contributed by atoms with Crippen LogP contribution < -0.4 is 5.32 Å². The number of carboxylic acid groups (broad SMARTS) is 1. The molecule has 2 aromatic carbocycles. The molecule has 0 heterocycles. The van der Waals surface area contributed by atoms with Crippen molar-refractivity contribution in [1.29, 1.82) is 0 Å². The van der Waals surface area contributed by atoms with Gasteiger partial charge in [-0.25, -0.2) is 4.39 Å². The van der Waals surface area contributed by atoms with Crippen molar-refractivity contribution in [3.05, 3.63) is 70.5 Å². The number of aliphatic hydroxyl groups excluding tert-OH is 1. The van der Waals surface area contributed by atoms with Crippen LogP contribution in [0.3, 0.4) is 0 Å². The van der Waals surface area contributed by atoms with Crippen molar-refractivity contribution in [3.8, 4) is 0 Å². The number of carboxylic acids is 1. The number of aliphatic carboxylic acids is 1. The monoisotopic (exact) mass is 509 g/mol. The van der Waals surface area contributed by atoms with Crippen molar-refractivity contribution < 1.29 is 24.1 Å². The Balaban J connectivity index is 1.14. The fourth-order valence-corrected chi connectivity index (χ4v) is 7.39. The summed E-state index contributed by atoms with van der Waals surface area (Å²) >= 11 is 0. The van der Waals surface area contributed by atoms with E-state index in [1.165, 1.54) is 5.56 Å². The summed E-state index contributed by atoms with van der Waals surface area (Å²) in [5.74, 6) is 1.20. The summed E-state index contributed by atoms with van der Waals surface area (Å²) in [5.41, 5.74) is 3.68. The molecule has 0 aromatic heterocycles. The van der Waals surface area contributed by atoms with Crippen LogP contribution in [-0.4, -0.2) is 41.0 Å². The molecule has 0 radical (unpaired) electrons. The molecule has 3 fully saturated rings. The SMILES string of the molecule is Cc1ccc(CC(C)(C)NC[C@@H](O)CO[C@H](C)c2ccccc2[C@@H]2C[C@@H]3C[C@H]2[C@H]2[C@H](C(=O)O)[C@@H]32)cc1F. The Kier molecular flexibility index (Phi) is 7.20. The van der Waals surface area contributed by atoms with Crippen LogP contribution in [0.1, 0.15) is 67.9 Å². The van der Waals surface area contributed by atoms with Gasteiger partial charge in [-0.1, -0.05) is 36.4 Å². The molecule has 0 amide bonds. The number of hydrogen-bond donors (Lipinski definition) is 3. The number of β-amino-alcohol motifs (C(OH)–C–C–N with tert-alkyl or cyclic N) is 1. The second-order valence-electron chi connectivity index (χ2n) is 12.3. The summed E-state index contributed by atoms with van der Waals surface area (Å²) in [6.45, 7) is 8.47. The summed E-state index contributed by atoms with van der Waals surface area (Å²) < 4.78 is 20.1. The number of nitrogens with one attached hydrogen (secondary N) is 1. The second-order valence-corrected chi connectivity index (χ2v) is 12.3. The number of fused-ring (bicyclic) bond motifs is 5. The van der Waals surface area contributed by atoms with Gasteiger partial charge in [0, 0.05) is 12.1 Å². The van der Waals surface area contributed by atoms with Gasteiger partial charge < -0.3 is 20.3 Å². The fourth-order valence-electron chi connectivity index (χ4n) is 7.39. The van der Waals surface area contributed by atoms with Gasteiger partial charge in [-0.05, 0) is 105 Å². The third-order valence-electron chi connectivity index (χ3n) is 9.18. The van der Waals surface area contributed by atoms with E-state index in [1.54, 1.807) is 19.1 Å². The van der Waals surface area contributed by atoms with E-state index in [2.05, 4.69) is 23.5 Å². The molecular formula is C31H40FNO4. The molecule has 0 unspecified atom stereocenters. The molecule has 3 aliphatic carbocycles. The first-order chi connectivity index (χ1) is 17.6. The van der Waals surface area contributed by atoms with Crippen LogP contribution in [0, 0.1) is 42.3 Å². The molecule has 0 aliphatic heterocycles. The van der Waals surface area contributed by atoms with Gasteiger partial charge in [0.2, 0.25) is 0 Å². The van der Waals surface area contributed by atoms with Gasteiger partial charge in [0.05, 0.1) is 24.7 Å². The highest BCUT2D eigenvalue weighted by Crippen LogP contribution is 2.73. The van der Waals surface area contributed by atoms with Gasteiger partial charge >= 0.3 is 5.97 Å². The average Bonchev–Trinajstić information content (AvgIpc) is 3.35. The number of halogens is 1. The molecule has 0 spiro atoms. The first kappa shape index (κ1) is 26.3. The molecule has 37 heavy (non-hydrogen) atoms. The Morgan fingerprint density at radius 3 is 2.68 bits per heavy atom. The molecule has 6 heteroatoms. The Hall–Kier alpha value is -2.28. The lowest BCUT2D eigenvalue weighted by atomic mass is 9.80. The first-order valence-corrected chi connectivity index (χ1v) is 13.7. The maximum Gasteiger partial charge on any atom is 0.307 e. The largest absolute Gasteiger partial charge is 0.481 e. The molecule has 3 aliphatic rings. The summed E-state index contributed by atoms with van der Waals surface area (Å²) in [5, 5.41) is 23.6. The van der Waals surface area contributed by atoms with Gasteiger partial charge in [-0.2, -0.15) is 0 Å². The van der Waals surface area contributed by atoms with Crippen LogP contribution in [0.4, 0.5) is 4.39 Å². The number of benzene rings is 2. The highest BCUT2D eigenvalue weighted by molar-refractivity contribution is 5.75. The quantitative estimate of drug-likeness (QED) is 0.385. The minimum absolute atomic E-state index is 0.133. The maximum atomic E-state index is 13.9. The summed E-state index contributed by atoms with van der Waals surface area (Å²) in [7, 11) is 0. The Bertz CT molecular complexity index is 1150. The van der Waals surface area contributed by atoms with Crippen molar-refractivity contribution in [3.63, 3.8) is 0 Å². The molecule has 5 rings (SSSR count). The lowest BCUT2D eigenvalue weighted by molar-refractivity contribution is -0.139. The van der Waals surface area contributed by atoms with E-state index in [0.29, 0.717) is 48.1 Å². The summed E-state index contributed by atoms with van der Waals surface area (Å²) in [4.78, 5) is 11.6. The number of ether oxygens (including phenoxy) is 1. The normalized spacial score (nSPS) is 29.7. The maximum absolute atomic E-state index is 13.9. The Morgan fingerprint density at radius 1 is 1.19 bits per heavy atom. The van der Waals surface area contributed by atoms with E-state index in [9.17, 15) is 19.4 Å². The van der Waals surface area contributed by atoms with Crippen molar-refractivity contribution in [2.24, 2.45) is 29.6 Å². The minimum atomic E-state index is -0.672. The molecule has 8 atom stereocenters. The number of aryl methyl sites for hydroxylation is 1. The van der Waals surface area contributed by atoms with Crippen molar-refractivity contribution in [2.75, 3.05) is 13.2 Å². The fraction of sp³-hybridized carbons (Fsp3) is 0.581. The molecule has 3 N–H and O–H groups in total. The number of carbonyl (C=O) groups is 1. The van der Waals surface area contributed by atoms with Crippen molar-refractivity contribution in [1.82, 2.24) is 5.32 Å². The molecule has 0 saturated heterocycles. The predicted molar refractivity (Wildman–Crippen MR) is 141 cm³/mol. The molecule has 2 aromatic rings. The Labute approximate surface area is 219 Å². The van der Waals surface area contributed by atoms with Crippen LogP contribution in [0.2, 0.25) is 0 Å². The van der Waals surface area contributed by atoms with E-state index < -0.39 is 12.1 Å². The van der Waals surface area contributed by atoms with Gasteiger partial charge in [0.1, 0.15) is 5.82 Å². The topological polar surface area (TPSA) is 78.8 Å². The van der Waals surface area contributed by atoms with Gasteiger partial charge in [-0.3, -0.25) is 4.79 Å². The third kappa shape index (κ3) is 5.34. The lowest BCUT2D eigenvalue weighted by Crippen LogP contribution is -2.46. The average molecular weight is 510 g/mol. The van der Waals surface area contributed by atoms with Crippen LogP contribution in [0.15, 0.2) is 42.5 Å². The second kappa shape index (κ2) is 10.1. The zero-order chi connectivity index (χ0) is 26.5. The number of aliphatic hydroxyl groups is 1. The number of rotatable bonds is 11. The first-order valence-electron chi connectivity index (χ1n) is 13.7. The van der Waals surface area contributed by atoms with E-state index >= 15 is 0 Å². The lowest BCUT2D eigenvalue weighted by Gasteiger charge is -2.29. The Morgan fingerprint density at radius 2 is 1.95 bits per heavy atom. The highest BCUT2D eigenvalue weighted by atomic mass is 19.1. The van der Waals surface area contributed by atoms with E-state index in [-0.39, 0.29) is 30.0 Å². The minimum Gasteiger partial charge on any atom is -0.481 e.